The van der Waals surface area contributed by atoms with Crippen LogP contribution in [0.3, 0.4) is 0 Å². The molecule has 1 amide bonds. The van der Waals surface area contributed by atoms with Crippen molar-refractivity contribution in [3.8, 4) is 5.75 Å². The van der Waals surface area contributed by atoms with Crippen LogP contribution in [0.2, 0.25) is 0 Å². The predicted molar refractivity (Wildman–Crippen MR) is 82.5 cm³/mol. The van der Waals surface area contributed by atoms with Crippen molar-refractivity contribution in [1.82, 2.24) is 10.3 Å². The van der Waals surface area contributed by atoms with E-state index >= 15 is 0 Å². The van der Waals surface area contributed by atoms with E-state index in [0.29, 0.717) is 12.8 Å². The fourth-order valence-electron chi connectivity index (χ4n) is 2.42. The third-order valence-electron chi connectivity index (χ3n) is 3.66. The van der Waals surface area contributed by atoms with Crippen LogP contribution in [0.1, 0.15) is 25.3 Å². The van der Waals surface area contributed by atoms with E-state index in [1.807, 2.05) is 31.3 Å². The lowest BCUT2D eigenvalue weighted by Gasteiger charge is -2.15. The summed E-state index contributed by atoms with van der Waals surface area (Å²) < 4.78 is 5.22. The highest BCUT2D eigenvalue weighted by atomic mass is 16.5. The van der Waals surface area contributed by atoms with Gasteiger partial charge in [0.05, 0.1) is 13.5 Å². The molecule has 1 heterocycles. The summed E-state index contributed by atoms with van der Waals surface area (Å²) in [7, 11) is 1.63. The Labute approximate surface area is 124 Å². The normalized spacial score (nSPS) is 12.3. The van der Waals surface area contributed by atoms with Gasteiger partial charge in [-0.15, -0.1) is 0 Å². The molecule has 1 aromatic heterocycles. The Hall–Kier alpha value is -2.01. The Morgan fingerprint density at radius 3 is 2.95 bits per heavy atom. The van der Waals surface area contributed by atoms with Gasteiger partial charge in [0.2, 0.25) is 5.91 Å². The molecule has 5 heteroatoms. The maximum Gasteiger partial charge on any atom is 0.224 e. The summed E-state index contributed by atoms with van der Waals surface area (Å²) in [6, 6.07) is 5.79. The molecule has 0 aliphatic heterocycles. The molecule has 1 atom stereocenters. The molecule has 0 fully saturated rings. The van der Waals surface area contributed by atoms with E-state index in [2.05, 4.69) is 10.3 Å². The molecule has 2 rings (SSSR count). The van der Waals surface area contributed by atoms with Crippen LogP contribution in [-0.4, -0.2) is 35.8 Å². The van der Waals surface area contributed by atoms with Crippen LogP contribution in [0.4, 0.5) is 0 Å². The van der Waals surface area contributed by atoms with Crippen molar-refractivity contribution < 1.29 is 14.6 Å². The van der Waals surface area contributed by atoms with Crippen LogP contribution >= 0.6 is 0 Å². The molecule has 1 unspecified atom stereocenters. The second-order valence-electron chi connectivity index (χ2n) is 5.09. The summed E-state index contributed by atoms with van der Waals surface area (Å²) in [6.45, 7) is 2.08. The molecule has 5 nitrogen and oxygen atoms in total. The number of carbonyl (C=O) groups is 1. The monoisotopic (exact) mass is 290 g/mol. The first-order chi connectivity index (χ1) is 10.2. The van der Waals surface area contributed by atoms with Gasteiger partial charge in [0.15, 0.2) is 0 Å². The van der Waals surface area contributed by atoms with Crippen molar-refractivity contribution >= 4 is 16.8 Å². The number of benzene rings is 1. The lowest BCUT2D eigenvalue weighted by Crippen LogP contribution is -2.36. The Bertz CT molecular complexity index is 607. The molecule has 21 heavy (non-hydrogen) atoms. The first kappa shape index (κ1) is 15.4. The molecule has 0 aliphatic rings. The van der Waals surface area contributed by atoms with Gasteiger partial charge in [-0.1, -0.05) is 6.92 Å². The summed E-state index contributed by atoms with van der Waals surface area (Å²) in [5, 5.41) is 12.9. The van der Waals surface area contributed by atoms with Crippen LogP contribution in [0.25, 0.3) is 10.9 Å². The van der Waals surface area contributed by atoms with Crippen molar-refractivity contribution in [3.63, 3.8) is 0 Å². The number of ether oxygens (including phenoxy) is 1. The van der Waals surface area contributed by atoms with Gasteiger partial charge in [-0.2, -0.15) is 0 Å². The number of aliphatic hydroxyl groups is 1. The Morgan fingerprint density at radius 1 is 1.48 bits per heavy atom. The smallest absolute Gasteiger partial charge is 0.224 e. The van der Waals surface area contributed by atoms with Gasteiger partial charge >= 0.3 is 0 Å². The summed E-state index contributed by atoms with van der Waals surface area (Å²) >= 11 is 0. The number of nitrogens with one attached hydrogen (secondary N) is 2. The molecule has 114 valence electrons. The van der Waals surface area contributed by atoms with E-state index < -0.39 is 0 Å². The van der Waals surface area contributed by atoms with Gasteiger partial charge in [-0.25, -0.2) is 0 Å². The second kappa shape index (κ2) is 7.13. The SMILES string of the molecule is CCC(CCO)NC(=O)Cc1c[nH]c2ccc(OC)cc12. The summed E-state index contributed by atoms with van der Waals surface area (Å²) in [6.07, 6.45) is 3.57. The highest BCUT2D eigenvalue weighted by Gasteiger charge is 2.13. The third-order valence-corrected chi connectivity index (χ3v) is 3.66. The number of methoxy groups -OCH3 is 1. The summed E-state index contributed by atoms with van der Waals surface area (Å²) in [5.74, 6) is 0.745. The second-order valence-corrected chi connectivity index (χ2v) is 5.09. The van der Waals surface area contributed by atoms with Crippen molar-refractivity contribution in [2.75, 3.05) is 13.7 Å². The standard InChI is InChI=1S/C16H22N2O3/c1-3-12(6-7-19)18-16(20)8-11-10-17-15-5-4-13(21-2)9-14(11)15/h4-5,9-10,12,17,19H,3,6-8H2,1-2H3,(H,18,20). The first-order valence-corrected chi connectivity index (χ1v) is 7.22. The van der Waals surface area contributed by atoms with Gasteiger partial charge < -0.3 is 20.1 Å². The van der Waals surface area contributed by atoms with Gasteiger partial charge in [0, 0.05) is 29.7 Å². The fraction of sp³-hybridized carbons (Fsp3) is 0.438. The van der Waals surface area contributed by atoms with Crippen molar-refractivity contribution in [3.05, 3.63) is 30.0 Å². The lowest BCUT2D eigenvalue weighted by atomic mass is 10.1. The number of fused-ring (bicyclic) bond motifs is 1. The molecule has 0 saturated heterocycles. The highest BCUT2D eigenvalue weighted by Crippen LogP contribution is 2.23. The van der Waals surface area contributed by atoms with E-state index in [4.69, 9.17) is 9.84 Å². The van der Waals surface area contributed by atoms with Crippen molar-refractivity contribution in [2.24, 2.45) is 0 Å². The molecular formula is C16H22N2O3. The highest BCUT2D eigenvalue weighted by molar-refractivity contribution is 5.89. The predicted octanol–water partition coefficient (Wildman–Crippen LogP) is 2.00. The quantitative estimate of drug-likeness (QED) is 0.730. The molecule has 0 spiro atoms. The largest absolute Gasteiger partial charge is 0.497 e. The van der Waals surface area contributed by atoms with Crippen LogP contribution < -0.4 is 10.1 Å². The number of rotatable bonds is 7. The van der Waals surface area contributed by atoms with Crippen LogP contribution in [-0.2, 0) is 11.2 Å². The average molecular weight is 290 g/mol. The molecule has 0 saturated carbocycles. The lowest BCUT2D eigenvalue weighted by molar-refractivity contribution is -0.121. The number of aromatic amines is 1. The first-order valence-electron chi connectivity index (χ1n) is 7.22. The van der Waals surface area contributed by atoms with E-state index in [0.717, 1.165) is 28.6 Å². The summed E-state index contributed by atoms with van der Waals surface area (Å²) in [4.78, 5) is 15.3. The fourth-order valence-corrected chi connectivity index (χ4v) is 2.42. The van der Waals surface area contributed by atoms with Gasteiger partial charge in [-0.05, 0) is 36.6 Å². The molecule has 0 aliphatic carbocycles. The van der Waals surface area contributed by atoms with Gasteiger partial charge in [0.1, 0.15) is 5.75 Å². The van der Waals surface area contributed by atoms with Crippen LogP contribution in [0.5, 0.6) is 5.75 Å². The number of hydrogen-bond donors (Lipinski definition) is 3. The zero-order valence-electron chi connectivity index (χ0n) is 12.5. The average Bonchev–Trinajstić information content (AvgIpc) is 2.88. The molecule has 0 radical (unpaired) electrons. The van der Waals surface area contributed by atoms with E-state index in [-0.39, 0.29) is 18.6 Å². The molecular weight excluding hydrogens is 268 g/mol. The molecule has 2 aromatic rings. The van der Waals surface area contributed by atoms with Gasteiger partial charge in [0.25, 0.3) is 0 Å². The number of amides is 1. The number of H-pyrrole nitrogens is 1. The van der Waals surface area contributed by atoms with E-state index in [1.54, 1.807) is 7.11 Å². The molecule has 1 aromatic carbocycles. The van der Waals surface area contributed by atoms with Gasteiger partial charge in [-0.3, -0.25) is 4.79 Å². The topological polar surface area (TPSA) is 74.4 Å². The van der Waals surface area contributed by atoms with Crippen LogP contribution in [0, 0.1) is 0 Å². The van der Waals surface area contributed by atoms with E-state index in [1.165, 1.54) is 0 Å². The minimum absolute atomic E-state index is 0.0287. The Balaban J connectivity index is 2.10. The Morgan fingerprint density at radius 2 is 2.29 bits per heavy atom. The minimum Gasteiger partial charge on any atom is -0.497 e. The number of hydrogen-bond acceptors (Lipinski definition) is 3. The Kier molecular flexibility index (Phi) is 5.22. The summed E-state index contributed by atoms with van der Waals surface area (Å²) in [5.41, 5.74) is 1.93. The molecule has 0 bridgehead atoms. The van der Waals surface area contributed by atoms with Crippen molar-refractivity contribution in [1.29, 1.82) is 0 Å². The number of carbonyl (C=O) groups excluding carboxylic acids is 1. The maximum atomic E-state index is 12.1. The zero-order valence-corrected chi connectivity index (χ0v) is 12.5. The number of aromatic nitrogens is 1. The van der Waals surface area contributed by atoms with Crippen LogP contribution in [0.15, 0.2) is 24.4 Å². The zero-order chi connectivity index (χ0) is 15.2. The van der Waals surface area contributed by atoms with E-state index in [9.17, 15) is 4.79 Å². The minimum atomic E-state index is -0.0287. The third kappa shape index (κ3) is 3.76. The number of aliphatic hydroxyl groups excluding tert-OH is 1. The van der Waals surface area contributed by atoms with Crippen molar-refractivity contribution in [2.45, 2.75) is 32.2 Å². The molecule has 3 N–H and O–H groups in total. The maximum absolute atomic E-state index is 12.1.